The lowest BCUT2D eigenvalue weighted by molar-refractivity contribution is 0.446. The molecule has 1 atom stereocenters. The highest BCUT2D eigenvalue weighted by Crippen LogP contribution is 1.98. The van der Waals surface area contributed by atoms with E-state index in [0.717, 1.165) is 12.3 Å². The van der Waals surface area contributed by atoms with Gasteiger partial charge in [-0.2, -0.15) is 0 Å². The summed E-state index contributed by atoms with van der Waals surface area (Å²) in [6, 6.07) is 0. The summed E-state index contributed by atoms with van der Waals surface area (Å²) in [4.78, 5) is 0. The minimum absolute atomic E-state index is 0.598. The first-order valence-corrected chi connectivity index (χ1v) is 4.95. The molecule has 0 aliphatic carbocycles. The Bertz CT molecular complexity index is 114. The van der Waals surface area contributed by atoms with E-state index in [-0.39, 0.29) is 0 Å². The second-order valence-electron chi connectivity index (χ2n) is 2.81. The smallest absolute Gasteiger partial charge is 0.0937 e. The molecular formula is C7H17NOS. The third kappa shape index (κ3) is 4.01. The lowest BCUT2D eigenvalue weighted by Crippen LogP contribution is -2.26. The van der Waals surface area contributed by atoms with Crippen LogP contribution in [0.25, 0.3) is 0 Å². The molecule has 2 nitrogen and oxygen atoms in total. The number of hydrogen-bond acceptors (Lipinski definition) is 1. The van der Waals surface area contributed by atoms with E-state index in [2.05, 4.69) is 13.8 Å². The predicted molar refractivity (Wildman–Crippen MR) is 46.2 cm³/mol. The van der Waals surface area contributed by atoms with Crippen LogP contribution < -0.4 is 0 Å². The van der Waals surface area contributed by atoms with Crippen LogP contribution in [0.1, 0.15) is 20.8 Å². The Balaban J connectivity index is 3.61. The summed E-state index contributed by atoms with van der Waals surface area (Å²) in [5.41, 5.74) is 0. The van der Waals surface area contributed by atoms with Gasteiger partial charge in [-0.05, 0) is 13.0 Å². The van der Waals surface area contributed by atoms with E-state index in [1.54, 1.807) is 0 Å². The fourth-order valence-electron chi connectivity index (χ4n) is 0.818. The van der Waals surface area contributed by atoms with E-state index >= 15 is 0 Å². The molecular weight excluding hydrogens is 146 g/mol. The van der Waals surface area contributed by atoms with Crippen molar-refractivity contribution in [1.82, 2.24) is 4.31 Å². The van der Waals surface area contributed by atoms with E-state index in [1.807, 2.05) is 18.3 Å². The molecule has 0 saturated carbocycles. The third-order valence-electron chi connectivity index (χ3n) is 1.22. The minimum Gasteiger partial charge on any atom is -0.243 e. The summed E-state index contributed by atoms with van der Waals surface area (Å²) >= 11 is 0. The zero-order valence-electron chi connectivity index (χ0n) is 7.26. The molecule has 0 aliphatic rings. The fraction of sp³-hybridized carbons (Fsp3) is 1.00. The molecule has 3 heteroatoms. The highest BCUT2D eigenvalue weighted by atomic mass is 32.2. The third-order valence-corrected chi connectivity index (χ3v) is 2.56. The maximum atomic E-state index is 11.1. The van der Waals surface area contributed by atoms with E-state index in [9.17, 15) is 4.21 Å². The molecule has 10 heavy (non-hydrogen) atoms. The lowest BCUT2D eigenvalue weighted by Gasteiger charge is -2.16. The summed E-state index contributed by atoms with van der Waals surface area (Å²) in [5.74, 6) is 1.32. The maximum Gasteiger partial charge on any atom is 0.0937 e. The Hall–Kier alpha value is 0.110. The van der Waals surface area contributed by atoms with E-state index in [0.29, 0.717) is 5.92 Å². The first kappa shape index (κ1) is 10.1. The van der Waals surface area contributed by atoms with Gasteiger partial charge in [0, 0.05) is 12.3 Å². The van der Waals surface area contributed by atoms with Gasteiger partial charge < -0.3 is 0 Å². The van der Waals surface area contributed by atoms with Crippen LogP contribution in [0.2, 0.25) is 0 Å². The highest BCUT2D eigenvalue weighted by Gasteiger charge is 2.05. The van der Waals surface area contributed by atoms with Gasteiger partial charge in [-0.3, -0.25) is 0 Å². The van der Waals surface area contributed by atoms with E-state index in [4.69, 9.17) is 0 Å². The van der Waals surface area contributed by atoms with Crippen molar-refractivity contribution in [2.24, 2.45) is 5.92 Å². The SMILES string of the molecule is CCS(=O)N(C)CC(C)C. The van der Waals surface area contributed by atoms with Crippen molar-refractivity contribution in [3.05, 3.63) is 0 Å². The second kappa shape index (κ2) is 4.85. The molecule has 0 aliphatic heterocycles. The van der Waals surface area contributed by atoms with Crippen LogP contribution >= 0.6 is 0 Å². The Morgan fingerprint density at radius 1 is 1.50 bits per heavy atom. The van der Waals surface area contributed by atoms with Gasteiger partial charge in [-0.25, -0.2) is 8.51 Å². The van der Waals surface area contributed by atoms with Gasteiger partial charge in [0.1, 0.15) is 0 Å². The Morgan fingerprint density at radius 2 is 2.00 bits per heavy atom. The van der Waals surface area contributed by atoms with Gasteiger partial charge in [0.05, 0.1) is 11.0 Å². The first-order valence-electron chi connectivity index (χ1n) is 3.67. The molecule has 0 aromatic rings. The average Bonchev–Trinajstić information content (AvgIpc) is 1.85. The van der Waals surface area contributed by atoms with Crippen molar-refractivity contribution >= 4 is 11.0 Å². The lowest BCUT2D eigenvalue weighted by atomic mass is 10.2. The molecule has 0 bridgehead atoms. The van der Waals surface area contributed by atoms with Crippen LogP contribution in [0.5, 0.6) is 0 Å². The van der Waals surface area contributed by atoms with Crippen LogP contribution in [0.15, 0.2) is 0 Å². The van der Waals surface area contributed by atoms with Gasteiger partial charge in [0.2, 0.25) is 0 Å². The summed E-state index contributed by atoms with van der Waals surface area (Å²) in [6.07, 6.45) is 0. The topological polar surface area (TPSA) is 20.3 Å². The second-order valence-corrected chi connectivity index (χ2v) is 4.66. The van der Waals surface area contributed by atoms with Gasteiger partial charge in [0.15, 0.2) is 0 Å². The van der Waals surface area contributed by atoms with Crippen molar-refractivity contribution in [1.29, 1.82) is 0 Å². The van der Waals surface area contributed by atoms with E-state index in [1.165, 1.54) is 0 Å². The quantitative estimate of drug-likeness (QED) is 0.611. The minimum atomic E-state index is -0.759. The van der Waals surface area contributed by atoms with Crippen LogP contribution in [-0.4, -0.2) is 27.9 Å². The molecule has 0 radical (unpaired) electrons. The normalized spacial score (nSPS) is 14.6. The largest absolute Gasteiger partial charge is 0.243 e. The van der Waals surface area contributed by atoms with Gasteiger partial charge in [-0.15, -0.1) is 0 Å². The molecule has 0 aromatic carbocycles. The Morgan fingerprint density at radius 3 is 2.30 bits per heavy atom. The van der Waals surface area contributed by atoms with Crippen molar-refractivity contribution < 1.29 is 4.21 Å². The summed E-state index contributed by atoms with van der Waals surface area (Å²) in [7, 11) is 1.14. The number of nitrogens with zero attached hydrogens (tertiary/aromatic N) is 1. The zero-order valence-corrected chi connectivity index (χ0v) is 8.07. The summed E-state index contributed by atoms with van der Waals surface area (Å²) < 4.78 is 13.0. The Kier molecular flexibility index (Phi) is 4.91. The first-order chi connectivity index (χ1) is 4.57. The van der Waals surface area contributed by atoms with E-state index < -0.39 is 11.0 Å². The van der Waals surface area contributed by atoms with Crippen LogP contribution in [0.4, 0.5) is 0 Å². The maximum absolute atomic E-state index is 11.1. The number of hydrogen-bond donors (Lipinski definition) is 0. The highest BCUT2D eigenvalue weighted by molar-refractivity contribution is 7.82. The van der Waals surface area contributed by atoms with Crippen LogP contribution in [0, 0.1) is 5.92 Å². The Labute approximate surface area is 66.2 Å². The summed E-state index contributed by atoms with van der Waals surface area (Å²) in [5, 5.41) is 0. The molecule has 0 heterocycles. The van der Waals surface area contributed by atoms with Gasteiger partial charge in [0.25, 0.3) is 0 Å². The van der Waals surface area contributed by atoms with Crippen LogP contribution in [-0.2, 0) is 11.0 Å². The molecule has 1 unspecified atom stereocenters. The molecule has 62 valence electrons. The fourth-order valence-corrected chi connectivity index (χ4v) is 1.72. The number of rotatable bonds is 4. The molecule has 0 aromatic heterocycles. The van der Waals surface area contributed by atoms with Gasteiger partial charge >= 0.3 is 0 Å². The molecule has 0 spiro atoms. The molecule has 0 saturated heterocycles. The standard InChI is InChI=1S/C7H17NOS/c1-5-10(9)8(4)6-7(2)3/h7H,5-6H2,1-4H3. The molecule has 0 rings (SSSR count). The monoisotopic (exact) mass is 163 g/mol. The predicted octanol–water partition coefficient (Wildman–Crippen LogP) is 1.26. The zero-order chi connectivity index (χ0) is 8.15. The molecule has 0 amide bonds. The summed E-state index contributed by atoms with van der Waals surface area (Å²) in [6.45, 7) is 7.11. The van der Waals surface area contributed by atoms with Crippen molar-refractivity contribution in [3.63, 3.8) is 0 Å². The van der Waals surface area contributed by atoms with Crippen LogP contribution in [0.3, 0.4) is 0 Å². The van der Waals surface area contributed by atoms with Crippen molar-refractivity contribution in [2.75, 3.05) is 19.3 Å². The molecule has 0 N–H and O–H groups in total. The van der Waals surface area contributed by atoms with Crippen molar-refractivity contribution in [3.8, 4) is 0 Å². The average molecular weight is 163 g/mol. The van der Waals surface area contributed by atoms with Crippen molar-refractivity contribution in [2.45, 2.75) is 20.8 Å². The van der Waals surface area contributed by atoms with Gasteiger partial charge in [-0.1, -0.05) is 20.8 Å². The molecule has 0 fully saturated rings.